The van der Waals surface area contributed by atoms with E-state index in [4.69, 9.17) is 11.6 Å². The zero-order valence-corrected chi connectivity index (χ0v) is 19.9. The van der Waals surface area contributed by atoms with Crippen LogP contribution in [0.1, 0.15) is 54.4 Å². The van der Waals surface area contributed by atoms with Gasteiger partial charge in [-0.15, -0.1) is 10.2 Å². The molecule has 1 saturated heterocycles. The molecule has 0 amide bonds. The summed E-state index contributed by atoms with van der Waals surface area (Å²) in [7, 11) is 0. The maximum Gasteiger partial charge on any atom is 0.151 e. The van der Waals surface area contributed by atoms with Crippen molar-refractivity contribution in [2.75, 3.05) is 24.5 Å². The van der Waals surface area contributed by atoms with Crippen molar-refractivity contribution in [1.29, 1.82) is 0 Å². The van der Waals surface area contributed by atoms with Crippen molar-refractivity contribution >= 4 is 17.4 Å². The zero-order chi connectivity index (χ0) is 23.4. The summed E-state index contributed by atoms with van der Waals surface area (Å²) in [6.45, 7) is 4.99. The van der Waals surface area contributed by atoms with Crippen LogP contribution in [0.3, 0.4) is 0 Å². The Balaban J connectivity index is 1.28. The highest BCUT2D eigenvalue weighted by atomic mass is 35.5. The highest BCUT2D eigenvalue weighted by Crippen LogP contribution is 2.42. The summed E-state index contributed by atoms with van der Waals surface area (Å²) in [5.74, 6) is 2.57. The third kappa shape index (κ3) is 4.07. The van der Waals surface area contributed by atoms with Gasteiger partial charge in [-0.1, -0.05) is 11.6 Å². The molecule has 178 valence electrons. The minimum Gasteiger partial charge on any atom is -0.357 e. The Hall–Kier alpha value is -2.58. The molecule has 4 heterocycles. The summed E-state index contributed by atoms with van der Waals surface area (Å²) < 4.78 is 30.4. The van der Waals surface area contributed by atoms with E-state index in [2.05, 4.69) is 29.5 Å². The van der Waals surface area contributed by atoms with E-state index in [-0.39, 0.29) is 11.7 Å². The number of nitrogens with zero attached hydrogens (tertiary/aromatic N) is 6. The topological polar surface area (TPSA) is 50.1 Å². The molecule has 3 aliphatic rings. The molecule has 2 aliphatic heterocycles. The number of benzene rings is 1. The van der Waals surface area contributed by atoms with E-state index in [0.717, 1.165) is 54.6 Å². The summed E-state index contributed by atoms with van der Waals surface area (Å²) in [6, 6.07) is 7.71. The van der Waals surface area contributed by atoms with Crippen LogP contribution in [0, 0.1) is 12.7 Å². The smallest absolute Gasteiger partial charge is 0.151 e. The zero-order valence-electron chi connectivity index (χ0n) is 19.1. The van der Waals surface area contributed by atoms with Gasteiger partial charge in [-0.05, 0) is 68.0 Å². The number of pyridine rings is 1. The second kappa shape index (κ2) is 8.27. The predicted octanol–water partition coefficient (Wildman–Crippen LogP) is 4.96. The first kappa shape index (κ1) is 21.9. The second-order valence-corrected chi connectivity index (χ2v) is 10.4. The minimum absolute atomic E-state index is 0.241. The Morgan fingerprint density at radius 2 is 1.91 bits per heavy atom. The van der Waals surface area contributed by atoms with E-state index in [1.54, 1.807) is 6.92 Å². The molecule has 1 saturated carbocycles. The van der Waals surface area contributed by atoms with Crippen LogP contribution in [0.25, 0.3) is 5.69 Å². The van der Waals surface area contributed by atoms with Gasteiger partial charge in [0.25, 0.3) is 0 Å². The number of piperidine rings is 1. The summed E-state index contributed by atoms with van der Waals surface area (Å²) in [5, 5.41) is 9.87. The summed E-state index contributed by atoms with van der Waals surface area (Å²) >= 11 is 6.34. The van der Waals surface area contributed by atoms with Crippen LogP contribution in [0.5, 0.6) is 0 Å². The first-order chi connectivity index (χ1) is 16.4. The number of hydrogen-bond acceptors (Lipinski definition) is 5. The van der Waals surface area contributed by atoms with Gasteiger partial charge in [-0.2, -0.15) is 0 Å². The van der Waals surface area contributed by atoms with Crippen molar-refractivity contribution in [1.82, 2.24) is 24.6 Å². The second-order valence-electron chi connectivity index (χ2n) is 9.93. The predicted molar refractivity (Wildman–Crippen MR) is 127 cm³/mol. The van der Waals surface area contributed by atoms with E-state index in [0.29, 0.717) is 43.1 Å². The number of aromatic nitrogens is 4. The van der Waals surface area contributed by atoms with Gasteiger partial charge in [0, 0.05) is 37.1 Å². The summed E-state index contributed by atoms with van der Waals surface area (Å²) in [5.41, 5.74) is 1.64. The fourth-order valence-corrected chi connectivity index (χ4v) is 5.42. The van der Waals surface area contributed by atoms with Crippen LogP contribution in [0.2, 0.25) is 5.02 Å². The maximum absolute atomic E-state index is 14.6. The first-order valence-corrected chi connectivity index (χ1v) is 12.3. The molecule has 0 spiro atoms. The molecule has 0 radical (unpaired) electrons. The Kier molecular flexibility index (Phi) is 5.33. The SMILES string of the molecule is Cc1cc(N2CCC(c3nnc4n3-c3ccc(Cl)cc3CN(CC3(F)CC3)C4)CC2)ncc1F. The molecule has 34 heavy (non-hydrogen) atoms. The lowest BCUT2D eigenvalue weighted by Crippen LogP contribution is -2.34. The number of hydrogen-bond donors (Lipinski definition) is 0. The highest BCUT2D eigenvalue weighted by Gasteiger charge is 2.45. The van der Waals surface area contributed by atoms with Crippen molar-refractivity contribution in [2.24, 2.45) is 0 Å². The fraction of sp³-hybridized carbons (Fsp3) is 0.480. The van der Waals surface area contributed by atoms with Crippen LogP contribution in [-0.4, -0.2) is 50.0 Å². The Labute approximate surface area is 202 Å². The average Bonchev–Trinajstić information content (AvgIpc) is 3.44. The Morgan fingerprint density at radius 1 is 1.12 bits per heavy atom. The summed E-state index contributed by atoms with van der Waals surface area (Å²) in [4.78, 5) is 8.62. The minimum atomic E-state index is -1.07. The van der Waals surface area contributed by atoms with Crippen molar-refractivity contribution in [3.63, 3.8) is 0 Å². The van der Waals surface area contributed by atoms with Gasteiger partial charge in [0.2, 0.25) is 0 Å². The number of aryl methyl sites for hydroxylation is 1. The molecule has 0 atom stereocenters. The Bertz CT molecular complexity index is 1230. The third-order valence-electron chi connectivity index (χ3n) is 7.31. The number of halogens is 3. The molecular weight excluding hydrogens is 458 g/mol. The molecule has 0 unspecified atom stereocenters. The molecule has 1 aromatic carbocycles. The molecule has 6 nitrogen and oxygen atoms in total. The third-order valence-corrected chi connectivity index (χ3v) is 7.55. The standard InChI is InChI=1S/C25H27ClF2N6/c1-16-10-22(29-12-20(16)27)33-8-4-17(5-9-33)24-31-30-23-14-32(15-25(28)6-7-25)13-18-11-19(26)2-3-21(18)34(23)24/h2-3,10-12,17H,4-9,13-15H2,1H3. The number of rotatable bonds is 4. The van der Waals surface area contributed by atoms with E-state index in [1.165, 1.54) is 6.20 Å². The molecular formula is C25H27ClF2N6. The van der Waals surface area contributed by atoms with Gasteiger partial charge >= 0.3 is 0 Å². The van der Waals surface area contributed by atoms with Gasteiger partial charge in [-0.3, -0.25) is 9.47 Å². The lowest BCUT2D eigenvalue weighted by Gasteiger charge is -2.32. The average molecular weight is 485 g/mol. The van der Waals surface area contributed by atoms with Gasteiger partial charge in [0.1, 0.15) is 23.1 Å². The number of anilines is 1. The van der Waals surface area contributed by atoms with Crippen molar-refractivity contribution in [2.45, 2.75) is 57.3 Å². The van der Waals surface area contributed by atoms with Gasteiger partial charge in [0.15, 0.2) is 5.82 Å². The maximum atomic E-state index is 14.6. The first-order valence-electron chi connectivity index (χ1n) is 11.9. The lowest BCUT2D eigenvalue weighted by molar-refractivity contribution is 0.162. The molecule has 1 aliphatic carbocycles. The molecule has 0 N–H and O–H groups in total. The molecule has 6 rings (SSSR count). The normalized spacial score (nSPS) is 20.1. The van der Waals surface area contributed by atoms with Crippen molar-refractivity contribution in [3.8, 4) is 5.69 Å². The van der Waals surface area contributed by atoms with Crippen LogP contribution in [0.4, 0.5) is 14.6 Å². The molecule has 9 heteroatoms. The van der Waals surface area contributed by atoms with Crippen molar-refractivity contribution in [3.05, 3.63) is 64.1 Å². The Morgan fingerprint density at radius 3 is 2.65 bits per heavy atom. The molecule has 0 bridgehead atoms. The van der Waals surface area contributed by atoms with Crippen LogP contribution < -0.4 is 4.90 Å². The van der Waals surface area contributed by atoms with Crippen LogP contribution >= 0.6 is 11.6 Å². The monoisotopic (exact) mass is 484 g/mol. The van der Waals surface area contributed by atoms with E-state index < -0.39 is 5.67 Å². The quantitative estimate of drug-likeness (QED) is 0.523. The number of fused-ring (bicyclic) bond motifs is 3. The lowest BCUT2D eigenvalue weighted by atomic mass is 9.95. The summed E-state index contributed by atoms with van der Waals surface area (Å²) in [6.07, 6.45) is 4.36. The van der Waals surface area contributed by atoms with E-state index >= 15 is 0 Å². The van der Waals surface area contributed by atoms with Gasteiger partial charge < -0.3 is 4.90 Å². The number of alkyl halides is 1. The van der Waals surface area contributed by atoms with E-state index in [1.807, 2.05) is 24.3 Å². The molecule has 2 aromatic heterocycles. The van der Waals surface area contributed by atoms with Crippen LogP contribution in [-0.2, 0) is 13.1 Å². The fourth-order valence-electron chi connectivity index (χ4n) is 5.23. The van der Waals surface area contributed by atoms with Gasteiger partial charge in [-0.25, -0.2) is 13.8 Å². The highest BCUT2D eigenvalue weighted by molar-refractivity contribution is 6.30. The van der Waals surface area contributed by atoms with Crippen LogP contribution in [0.15, 0.2) is 30.5 Å². The van der Waals surface area contributed by atoms with Crippen molar-refractivity contribution < 1.29 is 8.78 Å². The molecule has 2 fully saturated rings. The van der Waals surface area contributed by atoms with E-state index in [9.17, 15) is 8.78 Å². The van der Waals surface area contributed by atoms with Gasteiger partial charge in [0.05, 0.1) is 18.4 Å². The molecule has 3 aromatic rings. The largest absolute Gasteiger partial charge is 0.357 e.